The Morgan fingerprint density at radius 2 is 2.17 bits per heavy atom. The Bertz CT molecular complexity index is 172. The van der Waals surface area contributed by atoms with E-state index in [2.05, 4.69) is 27.4 Å². The molecule has 1 aliphatic carbocycles. The Balaban J connectivity index is 2.57. The highest BCUT2D eigenvalue weighted by Crippen LogP contribution is 2.38. The van der Waals surface area contributed by atoms with Crippen LogP contribution in [0.25, 0.3) is 0 Å². The van der Waals surface area contributed by atoms with E-state index in [-0.39, 0.29) is 6.10 Å². The van der Waals surface area contributed by atoms with Gasteiger partial charge in [0.25, 0.3) is 0 Å². The maximum Gasteiger partial charge on any atom is 0.0611 e. The Labute approximate surface area is 75.5 Å². The third kappa shape index (κ3) is 1.89. The molecule has 70 valence electrons. The van der Waals surface area contributed by atoms with Gasteiger partial charge in [-0.15, -0.1) is 0 Å². The topological polar surface area (TPSA) is 20.2 Å². The van der Waals surface area contributed by atoms with Gasteiger partial charge >= 0.3 is 0 Å². The monoisotopic (exact) mass is 168 g/mol. The zero-order chi connectivity index (χ0) is 9.30. The molecule has 0 unspecified atom stereocenters. The summed E-state index contributed by atoms with van der Waals surface area (Å²) in [7, 11) is 0. The minimum Gasteiger partial charge on any atom is -0.392 e. The van der Waals surface area contributed by atoms with E-state index in [1.165, 1.54) is 5.57 Å². The van der Waals surface area contributed by atoms with Gasteiger partial charge in [-0.2, -0.15) is 0 Å². The van der Waals surface area contributed by atoms with Gasteiger partial charge in [-0.25, -0.2) is 0 Å². The van der Waals surface area contributed by atoms with Crippen LogP contribution in [0.15, 0.2) is 12.2 Å². The summed E-state index contributed by atoms with van der Waals surface area (Å²) in [6.07, 6.45) is 1.87. The summed E-state index contributed by atoms with van der Waals surface area (Å²) in [6.45, 7) is 10.6. The van der Waals surface area contributed by atoms with Crippen molar-refractivity contribution in [2.75, 3.05) is 0 Å². The Morgan fingerprint density at radius 3 is 2.50 bits per heavy atom. The van der Waals surface area contributed by atoms with Crippen molar-refractivity contribution in [3.8, 4) is 0 Å². The average molecular weight is 168 g/mol. The lowest BCUT2D eigenvalue weighted by Gasteiger charge is -2.18. The molecule has 3 atom stereocenters. The van der Waals surface area contributed by atoms with E-state index in [0.717, 1.165) is 12.8 Å². The molecule has 12 heavy (non-hydrogen) atoms. The number of hydrogen-bond donors (Lipinski definition) is 1. The molecule has 0 radical (unpaired) electrons. The number of aliphatic hydroxyl groups is 1. The van der Waals surface area contributed by atoms with Gasteiger partial charge in [0.15, 0.2) is 0 Å². The quantitative estimate of drug-likeness (QED) is 0.628. The standard InChI is InChI=1S/C11H20O/c1-7(2)5-10-9(4)8(3)6-11(10)12/h7-8,10-12H,4-6H2,1-3H3/t8-,10-,11-/m0/s1. The molecule has 1 nitrogen and oxygen atoms in total. The highest BCUT2D eigenvalue weighted by Gasteiger charge is 2.33. The normalized spacial score (nSPS) is 36.4. The van der Waals surface area contributed by atoms with Crippen LogP contribution in [-0.4, -0.2) is 11.2 Å². The van der Waals surface area contributed by atoms with Gasteiger partial charge in [0, 0.05) is 5.92 Å². The highest BCUT2D eigenvalue weighted by atomic mass is 16.3. The van der Waals surface area contributed by atoms with Crippen LogP contribution in [0, 0.1) is 17.8 Å². The molecule has 1 aliphatic rings. The summed E-state index contributed by atoms with van der Waals surface area (Å²) < 4.78 is 0. The van der Waals surface area contributed by atoms with Crippen LogP contribution >= 0.6 is 0 Å². The lowest BCUT2D eigenvalue weighted by molar-refractivity contribution is 0.128. The van der Waals surface area contributed by atoms with E-state index in [4.69, 9.17) is 0 Å². The number of hydrogen-bond acceptors (Lipinski definition) is 1. The smallest absolute Gasteiger partial charge is 0.0611 e. The van der Waals surface area contributed by atoms with Gasteiger partial charge in [-0.3, -0.25) is 0 Å². The van der Waals surface area contributed by atoms with Crippen LogP contribution < -0.4 is 0 Å². The molecule has 0 aromatic carbocycles. The van der Waals surface area contributed by atoms with E-state index in [0.29, 0.717) is 17.8 Å². The summed E-state index contributed by atoms with van der Waals surface area (Å²) in [5.74, 6) is 1.54. The molecule has 0 aromatic rings. The predicted octanol–water partition coefficient (Wildman–Crippen LogP) is 2.61. The van der Waals surface area contributed by atoms with Crippen molar-refractivity contribution in [3.63, 3.8) is 0 Å². The molecule has 1 fully saturated rings. The molecule has 1 saturated carbocycles. The summed E-state index contributed by atoms with van der Waals surface area (Å²) in [5, 5.41) is 9.72. The molecule has 1 heteroatoms. The molecule has 0 aliphatic heterocycles. The molecule has 1 rings (SSSR count). The van der Waals surface area contributed by atoms with Crippen LogP contribution in [0.3, 0.4) is 0 Å². The summed E-state index contributed by atoms with van der Waals surface area (Å²) >= 11 is 0. The Morgan fingerprint density at radius 1 is 1.58 bits per heavy atom. The molecule has 0 saturated heterocycles. The van der Waals surface area contributed by atoms with Crippen molar-refractivity contribution in [3.05, 3.63) is 12.2 Å². The molecular formula is C11H20O. The molecule has 0 bridgehead atoms. The second-order valence-corrected chi connectivity index (χ2v) is 4.52. The Hall–Kier alpha value is -0.300. The van der Waals surface area contributed by atoms with Crippen molar-refractivity contribution < 1.29 is 5.11 Å². The molecule has 0 amide bonds. The van der Waals surface area contributed by atoms with Crippen molar-refractivity contribution in [1.29, 1.82) is 0 Å². The SMILES string of the molecule is C=C1[C@@H](C)C[C@H](O)[C@H]1CC(C)C. The zero-order valence-corrected chi connectivity index (χ0v) is 8.38. The minimum absolute atomic E-state index is 0.130. The first-order valence-corrected chi connectivity index (χ1v) is 4.89. The van der Waals surface area contributed by atoms with E-state index in [9.17, 15) is 5.11 Å². The molecule has 0 aromatic heterocycles. The summed E-state index contributed by atoms with van der Waals surface area (Å²) in [4.78, 5) is 0. The minimum atomic E-state index is -0.130. The van der Waals surface area contributed by atoms with Crippen LogP contribution in [0.2, 0.25) is 0 Å². The molecule has 0 heterocycles. The maximum atomic E-state index is 9.72. The average Bonchev–Trinajstić information content (AvgIpc) is 2.16. The van der Waals surface area contributed by atoms with Gasteiger partial charge in [0.05, 0.1) is 6.10 Å². The number of rotatable bonds is 2. The fraction of sp³-hybridized carbons (Fsp3) is 0.818. The van der Waals surface area contributed by atoms with E-state index in [1.807, 2.05) is 0 Å². The third-order valence-electron chi connectivity index (χ3n) is 2.89. The summed E-state index contributed by atoms with van der Waals surface area (Å²) in [5.41, 5.74) is 1.26. The first-order valence-electron chi connectivity index (χ1n) is 4.89. The second-order valence-electron chi connectivity index (χ2n) is 4.52. The van der Waals surface area contributed by atoms with Gasteiger partial charge in [-0.1, -0.05) is 32.9 Å². The van der Waals surface area contributed by atoms with Gasteiger partial charge < -0.3 is 5.11 Å². The molecule has 0 spiro atoms. The first kappa shape index (κ1) is 9.79. The van der Waals surface area contributed by atoms with Crippen molar-refractivity contribution in [2.24, 2.45) is 17.8 Å². The maximum absolute atomic E-state index is 9.72. The Kier molecular flexibility index (Phi) is 2.94. The molecule has 1 N–H and O–H groups in total. The van der Waals surface area contributed by atoms with Crippen molar-refractivity contribution in [2.45, 2.75) is 39.7 Å². The third-order valence-corrected chi connectivity index (χ3v) is 2.89. The first-order chi connectivity index (χ1) is 5.52. The van der Waals surface area contributed by atoms with Crippen molar-refractivity contribution in [1.82, 2.24) is 0 Å². The molecular weight excluding hydrogens is 148 g/mol. The largest absolute Gasteiger partial charge is 0.392 e. The van der Waals surface area contributed by atoms with Gasteiger partial charge in [-0.05, 0) is 24.7 Å². The number of aliphatic hydroxyl groups excluding tert-OH is 1. The van der Waals surface area contributed by atoms with Crippen LogP contribution in [0.4, 0.5) is 0 Å². The zero-order valence-electron chi connectivity index (χ0n) is 8.38. The summed E-state index contributed by atoms with van der Waals surface area (Å²) in [6, 6.07) is 0. The highest BCUT2D eigenvalue weighted by molar-refractivity contribution is 5.13. The van der Waals surface area contributed by atoms with Gasteiger partial charge in [0.1, 0.15) is 0 Å². The second kappa shape index (κ2) is 3.61. The van der Waals surface area contributed by atoms with E-state index < -0.39 is 0 Å². The van der Waals surface area contributed by atoms with E-state index in [1.54, 1.807) is 0 Å². The fourth-order valence-electron chi connectivity index (χ4n) is 2.11. The predicted molar refractivity (Wildman–Crippen MR) is 51.9 cm³/mol. The fourth-order valence-corrected chi connectivity index (χ4v) is 2.11. The van der Waals surface area contributed by atoms with Crippen LogP contribution in [0.1, 0.15) is 33.6 Å². The van der Waals surface area contributed by atoms with Gasteiger partial charge in [0.2, 0.25) is 0 Å². The van der Waals surface area contributed by atoms with Crippen LogP contribution in [0.5, 0.6) is 0 Å². The van der Waals surface area contributed by atoms with E-state index >= 15 is 0 Å². The van der Waals surface area contributed by atoms with Crippen molar-refractivity contribution >= 4 is 0 Å². The van der Waals surface area contributed by atoms with Crippen LogP contribution in [-0.2, 0) is 0 Å². The lowest BCUT2D eigenvalue weighted by Crippen LogP contribution is -2.15. The lowest BCUT2D eigenvalue weighted by atomic mass is 9.90.